The van der Waals surface area contributed by atoms with Crippen LogP contribution in [-0.2, 0) is 12.8 Å². The number of rotatable bonds is 6. The summed E-state index contributed by atoms with van der Waals surface area (Å²) in [6.45, 7) is 4.39. The van der Waals surface area contributed by atoms with Crippen LogP contribution in [0.25, 0.3) is 16.6 Å². The van der Waals surface area contributed by atoms with E-state index in [1.165, 1.54) is 79.5 Å². The van der Waals surface area contributed by atoms with Crippen molar-refractivity contribution in [1.82, 2.24) is 9.47 Å². The van der Waals surface area contributed by atoms with Gasteiger partial charge in [-0.2, -0.15) is 0 Å². The van der Waals surface area contributed by atoms with Gasteiger partial charge in [0.25, 0.3) is 0 Å². The van der Waals surface area contributed by atoms with E-state index in [4.69, 9.17) is 4.74 Å². The van der Waals surface area contributed by atoms with Crippen LogP contribution in [0, 0.1) is 11.2 Å². The number of benzene rings is 3. The van der Waals surface area contributed by atoms with E-state index in [0.29, 0.717) is 5.41 Å². The lowest BCUT2D eigenvalue weighted by atomic mass is 9.73. The summed E-state index contributed by atoms with van der Waals surface area (Å²) in [5.74, 6) is 0.885. The zero-order valence-electron chi connectivity index (χ0n) is 20.3. The number of aryl methyl sites for hydroxylation is 1. The number of aromatic nitrogens is 1. The van der Waals surface area contributed by atoms with Crippen molar-refractivity contribution in [3.05, 3.63) is 95.9 Å². The van der Waals surface area contributed by atoms with Crippen molar-refractivity contribution < 1.29 is 9.13 Å². The van der Waals surface area contributed by atoms with E-state index in [2.05, 4.69) is 64.2 Å². The molecule has 1 saturated heterocycles. The van der Waals surface area contributed by atoms with E-state index < -0.39 is 0 Å². The number of halogens is 1. The average molecular weight is 469 g/mol. The maximum Gasteiger partial charge on any atom is 0.123 e. The van der Waals surface area contributed by atoms with E-state index in [9.17, 15) is 4.39 Å². The Morgan fingerprint density at radius 1 is 0.857 bits per heavy atom. The third-order valence-electron chi connectivity index (χ3n) is 8.06. The standard InChI is InChI=1S/C31H33FN2O/c32-26-12-14-27(15-13-26)34-22-25(28-9-2-3-10-29(28)34)8-5-6-18-33-19-16-31(17-20-33)21-24-7-1-4-11-30(24)35-23-31/h1-4,7,9-15,22H,5-6,8,16-21,23H2. The average Bonchev–Trinajstić information content (AvgIpc) is 3.27. The molecule has 3 heterocycles. The van der Waals surface area contributed by atoms with Crippen molar-refractivity contribution >= 4 is 10.9 Å². The summed E-state index contributed by atoms with van der Waals surface area (Å²) in [6, 6.07) is 23.9. The largest absolute Gasteiger partial charge is 0.493 e. The van der Waals surface area contributed by atoms with Gasteiger partial charge in [-0.05, 0) is 106 Å². The number of hydrogen-bond donors (Lipinski definition) is 0. The molecule has 0 radical (unpaired) electrons. The lowest BCUT2D eigenvalue weighted by Gasteiger charge is -2.44. The van der Waals surface area contributed by atoms with E-state index in [0.717, 1.165) is 30.9 Å². The minimum absolute atomic E-state index is 0.199. The van der Waals surface area contributed by atoms with Crippen molar-refractivity contribution in [2.45, 2.75) is 38.5 Å². The number of ether oxygens (including phenoxy) is 1. The molecule has 0 unspecified atom stereocenters. The van der Waals surface area contributed by atoms with E-state index >= 15 is 0 Å². The Kier molecular flexibility index (Phi) is 6.07. The normalized spacial score (nSPS) is 17.4. The first kappa shape index (κ1) is 22.4. The first-order valence-corrected chi connectivity index (χ1v) is 13.0. The molecule has 4 aromatic rings. The monoisotopic (exact) mass is 468 g/mol. The molecule has 0 saturated carbocycles. The Morgan fingerprint density at radius 3 is 2.49 bits per heavy atom. The number of nitrogens with zero attached hydrogens (tertiary/aromatic N) is 2. The lowest BCUT2D eigenvalue weighted by molar-refractivity contribution is 0.0405. The van der Waals surface area contributed by atoms with Crippen LogP contribution in [0.4, 0.5) is 4.39 Å². The second-order valence-corrected chi connectivity index (χ2v) is 10.4. The molecule has 1 aromatic heterocycles. The quantitative estimate of drug-likeness (QED) is 0.289. The van der Waals surface area contributed by atoms with Crippen LogP contribution in [-0.4, -0.2) is 35.7 Å². The van der Waals surface area contributed by atoms with Gasteiger partial charge in [-0.3, -0.25) is 0 Å². The van der Waals surface area contributed by atoms with Gasteiger partial charge < -0.3 is 14.2 Å². The van der Waals surface area contributed by atoms with Crippen LogP contribution in [0.1, 0.15) is 36.8 Å². The summed E-state index contributed by atoms with van der Waals surface area (Å²) in [5.41, 5.74) is 5.28. The zero-order chi connectivity index (χ0) is 23.7. The van der Waals surface area contributed by atoms with Crippen molar-refractivity contribution in [2.24, 2.45) is 5.41 Å². The Balaban J connectivity index is 1.04. The summed E-state index contributed by atoms with van der Waals surface area (Å²) in [4.78, 5) is 2.65. The van der Waals surface area contributed by atoms with Crippen LogP contribution in [0.2, 0.25) is 0 Å². The van der Waals surface area contributed by atoms with Crippen LogP contribution in [0.3, 0.4) is 0 Å². The number of para-hydroxylation sites is 2. The number of piperidine rings is 1. The fraction of sp³-hybridized carbons (Fsp3) is 0.355. The molecule has 3 nitrogen and oxygen atoms in total. The van der Waals surface area contributed by atoms with Crippen LogP contribution < -0.4 is 4.74 Å². The summed E-state index contributed by atoms with van der Waals surface area (Å²) >= 11 is 0. The van der Waals surface area contributed by atoms with Gasteiger partial charge in [0, 0.05) is 22.7 Å². The molecule has 0 aliphatic carbocycles. The SMILES string of the molecule is Fc1ccc(-n2cc(CCCCN3CCC4(CC3)COc3ccccc3C4)c3ccccc32)cc1. The maximum atomic E-state index is 13.4. The minimum atomic E-state index is -0.199. The molecule has 2 aliphatic rings. The molecule has 0 atom stereocenters. The van der Waals surface area contributed by atoms with Crippen LogP contribution in [0.5, 0.6) is 5.75 Å². The topological polar surface area (TPSA) is 17.4 Å². The highest BCUT2D eigenvalue weighted by Crippen LogP contribution is 2.41. The first-order valence-electron chi connectivity index (χ1n) is 13.0. The molecular weight excluding hydrogens is 435 g/mol. The lowest BCUT2D eigenvalue weighted by Crippen LogP contribution is -2.46. The summed E-state index contributed by atoms with van der Waals surface area (Å²) in [5, 5.41) is 1.30. The van der Waals surface area contributed by atoms with Gasteiger partial charge in [0.15, 0.2) is 0 Å². The second kappa shape index (κ2) is 9.50. The molecule has 0 N–H and O–H groups in total. The fourth-order valence-corrected chi connectivity index (χ4v) is 5.96. The summed E-state index contributed by atoms with van der Waals surface area (Å²) in [6.07, 6.45) is 9.31. The molecule has 6 rings (SSSR count). The Morgan fingerprint density at radius 2 is 1.63 bits per heavy atom. The highest BCUT2D eigenvalue weighted by Gasteiger charge is 2.38. The summed E-state index contributed by atoms with van der Waals surface area (Å²) in [7, 11) is 0. The van der Waals surface area contributed by atoms with Gasteiger partial charge in [-0.15, -0.1) is 0 Å². The van der Waals surface area contributed by atoms with E-state index in [-0.39, 0.29) is 5.82 Å². The van der Waals surface area contributed by atoms with Crippen molar-refractivity contribution in [1.29, 1.82) is 0 Å². The number of hydrogen-bond acceptors (Lipinski definition) is 2. The summed E-state index contributed by atoms with van der Waals surface area (Å²) < 4.78 is 21.8. The highest BCUT2D eigenvalue weighted by atomic mass is 19.1. The maximum absolute atomic E-state index is 13.4. The van der Waals surface area contributed by atoms with Gasteiger partial charge in [0.2, 0.25) is 0 Å². The molecule has 2 aliphatic heterocycles. The van der Waals surface area contributed by atoms with Crippen LogP contribution >= 0.6 is 0 Å². The van der Waals surface area contributed by atoms with Crippen LogP contribution in [0.15, 0.2) is 79.0 Å². The molecule has 0 amide bonds. The smallest absolute Gasteiger partial charge is 0.123 e. The molecule has 0 bridgehead atoms. The predicted octanol–water partition coefficient (Wildman–Crippen LogP) is 6.81. The molecular formula is C31H33FN2O. The number of fused-ring (bicyclic) bond motifs is 2. The molecule has 35 heavy (non-hydrogen) atoms. The Hall–Kier alpha value is -3.11. The minimum Gasteiger partial charge on any atom is -0.493 e. The van der Waals surface area contributed by atoms with Gasteiger partial charge in [0.1, 0.15) is 11.6 Å². The van der Waals surface area contributed by atoms with Crippen molar-refractivity contribution in [3.8, 4) is 11.4 Å². The van der Waals surface area contributed by atoms with Gasteiger partial charge >= 0.3 is 0 Å². The van der Waals surface area contributed by atoms with Gasteiger partial charge in [-0.1, -0.05) is 36.4 Å². The third-order valence-corrected chi connectivity index (χ3v) is 8.06. The highest BCUT2D eigenvalue weighted by molar-refractivity contribution is 5.85. The number of unbranched alkanes of at least 4 members (excludes halogenated alkanes) is 1. The molecule has 1 fully saturated rings. The molecule has 3 aromatic carbocycles. The molecule has 1 spiro atoms. The van der Waals surface area contributed by atoms with Crippen molar-refractivity contribution in [2.75, 3.05) is 26.2 Å². The Labute approximate surface area is 207 Å². The first-order chi connectivity index (χ1) is 17.2. The second-order valence-electron chi connectivity index (χ2n) is 10.4. The number of likely N-dealkylation sites (tertiary alicyclic amines) is 1. The van der Waals surface area contributed by atoms with E-state index in [1.807, 2.05) is 12.1 Å². The zero-order valence-corrected chi connectivity index (χ0v) is 20.3. The van der Waals surface area contributed by atoms with E-state index in [1.54, 1.807) is 0 Å². The van der Waals surface area contributed by atoms with Gasteiger partial charge in [0.05, 0.1) is 12.1 Å². The predicted molar refractivity (Wildman–Crippen MR) is 140 cm³/mol. The third kappa shape index (κ3) is 4.60. The van der Waals surface area contributed by atoms with Crippen molar-refractivity contribution in [3.63, 3.8) is 0 Å². The fourth-order valence-electron chi connectivity index (χ4n) is 5.96. The molecule has 4 heteroatoms. The van der Waals surface area contributed by atoms with Gasteiger partial charge in [-0.25, -0.2) is 4.39 Å². The Bertz CT molecular complexity index is 1300. The molecule has 180 valence electrons.